The summed E-state index contributed by atoms with van der Waals surface area (Å²) in [6.07, 6.45) is 1.43. The quantitative estimate of drug-likeness (QED) is 0.525. The van der Waals surface area contributed by atoms with E-state index in [2.05, 4.69) is 10.5 Å². The molecule has 0 aliphatic rings. The largest absolute Gasteiger partial charge is 0.455 e. The number of amides is 1. The van der Waals surface area contributed by atoms with Gasteiger partial charge in [-0.05, 0) is 42.5 Å². The van der Waals surface area contributed by atoms with Gasteiger partial charge in [0.2, 0.25) is 0 Å². The van der Waals surface area contributed by atoms with Crippen molar-refractivity contribution in [2.24, 2.45) is 5.10 Å². The van der Waals surface area contributed by atoms with Crippen LogP contribution >= 0.6 is 23.2 Å². The van der Waals surface area contributed by atoms with E-state index in [9.17, 15) is 4.79 Å². The third kappa shape index (κ3) is 4.04. The number of rotatable bonds is 4. The van der Waals surface area contributed by atoms with Gasteiger partial charge < -0.3 is 4.42 Å². The molecule has 1 amide bonds. The summed E-state index contributed by atoms with van der Waals surface area (Å²) in [4.78, 5) is 11.9. The van der Waals surface area contributed by atoms with Crippen LogP contribution in [0.1, 0.15) is 16.1 Å². The highest BCUT2D eigenvalue weighted by atomic mass is 35.5. The van der Waals surface area contributed by atoms with Gasteiger partial charge in [-0.15, -0.1) is 0 Å². The average molecular weight is 359 g/mol. The van der Waals surface area contributed by atoms with E-state index >= 15 is 0 Å². The Hall–Kier alpha value is -2.56. The van der Waals surface area contributed by atoms with E-state index in [1.54, 1.807) is 36.4 Å². The number of nitrogens with zero attached hydrogens (tertiary/aromatic N) is 1. The van der Waals surface area contributed by atoms with Gasteiger partial charge in [-0.25, -0.2) is 5.43 Å². The zero-order valence-corrected chi connectivity index (χ0v) is 13.9. The maximum absolute atomic E-state index is 11.9. The van der Waals surface area contributed by atoms with Crippen molar-refractivity contribution in [1.29, 1.82) is 0 Å². The van der Waals surface area contributed by atoms with E-state index in [1.165, 1.54) is 6.21 Å². The van der Waals surface area contributed by atoms with Crippen LogP contribution in [0.4, 0.5) is 0 Å². The monoisotopic (exact) mass is 358 g/mol. The molecular formula is C18H12Cl2N2O2. The smallest absolute Gasteiger partial charge is 0.271 e. The van der Waals surface area contributed by atoms with Crippen molar-refractivity contribution in [2.75, 3.05) is 0 Å². The lowest BCUT2D eigenvalue weighted by Gasteiger charge is -1.99. The molecule has 6 heteroatoms. The fourth-order valence-corrected chi connectivity index (χ4v) is 2.45. The SMILES string of the molecule is O=C(N/N=C\c1ccc(-c2cccc(Cl)c2)o1)c1cccc(Cl)c1. The third-order valence-corrected chi connectivity index (χ3v) is 3.65. The molecule has 1 heterocycles. The predicted molar refractivity (Wildman–Crippen MR) is 95.7 cm³/mol. The lowest BCUT2D eigenvalue weighted by molar-refractivity contribution is 0.0955. The fourth-order valence-electron chi connectivity index (χ4n) is 2.07. The Morgan fingerprint density at radius 2 is 1.75 bits per heavy atom. The molecule has 0 spiro atoms. The molecule has 0 aliphatic heterocycles. The van der Waals surface area contributed by atoms with Crippen molar-refractivity contribution < 1.29 is 9.21 Å². The average Bonchev–Trinajstić information content (AvgIpc) is 3.04. The number of hydrazone groups is 1. The lowest BCUT2D eigenvalue weighted by atomic mass is 10.2. The molecule has 0 saturated carbocycles. The van der Waals surface area contributed by atoms with Gasteiger partial charge in [0, 0.05) is 21.2 Å². The van der Waals surface area contributed by atoms with Crippen molar-refractivity contribution in [3.63, 3.8) is 0 Å². The molecule has 0 aliphatic carbocycles. The summed E-state index contributed by atoms with van der Waals surface area (Å²) >= 11 is 11.8. The Kier molecular flexibility index (Phi) is 4.99. The summed E-state index contributed by atoms with van der Waals surface area (Å²) in [6, 6.07) is 17.5. The Labute approximate surface area is 148 Å². The molecular weight excluding hydrogens is 347 g/mol. The van der Waals surface area contributed by atoms with Crippen LogP contribution in [0, 0.1) is 0 Å². The van der Waals surface area contributed by atoms with Gasteiger partial charge in [0.1, 0.15) is 11.5 Å². The summed E-state index contributed by atoms with van der Waals surface area (Å²) in [5, 5.41) is 5.01. The van der Waals surface area contributed by atoms with Gasteiger partial charge in [-0.2, -0.15) is 5.10 Å². The minimum atomic E-state index is -0.352. The van der Waals surface area contributed by atoms with Gasteiger partial charge in [0.05, 0.1) is 6.21 Å². The minimum Gasteiger partial charge on any atom is -0.455 e. The summed E-state index contributed by atoms with van der Waals surface area (Å²) in [5.74, 6) is 0.826. The number of carbonyl (C=O) groups is 1. The maximum Gasteiger partial charge on any atom is 0.271 e. The van der Waals surface area contributed by atoms with Crippen LogP contribution in [0.15, 0.2) is 70.2 Å². The summed E-state index contributed by atoms with van der Waals surface area (Å²) in [5.41, 5.74) is 3.72. The second-order valence-electron chi connectivity index (χ2n) is 4.92. The number of furan rings is 1. The molecule has 0 unspecified atom stereocenters. The first-order chi connectivity index (χ1) is 11.6. The summed E-state index contributed by atoms with van der Waals surface area (Å²) in [7, 11) is 0. The van der Waals surface area contributed by atoms with E-state index in [0.29, 0.717) is 27.1 Å². The van der Waals surface area contributed by atoms with Gasteiger partial charge in [-0.3, -0.25) is 4.79 Å². The van der Waals surface area contributed by atoms with Crippen LogP contribution < -0.4 is 5.43 Å². The third-order valence-electron chi connectivity index (χ3n) is 3.18. The van der Waals surface area contributed by atoms with Crippen LogP contribution in [-0.2, 0) is 0 Å². The number of hydrogen-bond acceptors (Lipinski definition) is 3. The number of nitrogens with one attached hydrogen (secondary N) is 1. The minimum absolute atomic E-state index is 0.352. The van der Waals surface area contributed by atoms with Crippen molar-refractivity contribution in [3.8, 4) is 11.3 Å². The number of benzene rings is 2. The summed E-state index contributed by atoms with van der Waals surface area (Å²) in [6.45, 7) is 0. The Morgan fingerprint density at radius 3 is 2.50 bits per heavy atom. The van der Waals surface area contributed by atoms with E-state index < -0.39 is 0 Å². The van der Waals surface area contributed by atoms with E-state index in [0.717, 1.165) is 5.56 Å². The predicted octanol–water partition coefficient (Wildman–Crippen LogP) is 5.02. The molecule has 24 heavy (non-hydrogen) atoms. The fraction of sp³-hybridized carbons (Fsp3) is 0. The van der Waals surface area contributed by atoms with Crippen molar-refractivity contribution in [2.45, 2.75) is 0 Å². The molecule has 120 valence electrons. The standard InChI is InChI=1S/C18H12Cl2N2O2/c19-14-5-1-3-12(9-14)17-8-7-16(24-17)11-21-22-18(23)13-4-2-6-15(20)10-13/h1-11H,(H,22,23)/b21-11-. The molecule has 0 atom stereocenters. The Bertz CT molecular complexity index is 903. The highest BCUT2D eigenvalue weighted by molar-refractivity contribution is 6.31. The van der Waals surface area contributed by atoms with Crippen molar-refractivity contribution in [1.82, 2.24) is 5.43 Å². The molecule has 3 aromatic rings. The topological polar surface area (TPSA) is 54.6 Å². The first kappa shape index (κ1) is 16.3. The second-order valence-corrected chi connectivity index (χ2v) is 5.79. The van der Waals surface area contributed by atoms with Gasteiger partial charge in [-0.1, -0.05) is 41.4 Å². The zero-order chi connectivity index (χ0) is 16.9. The molecule has 1 aromatic heterocycles. The molecule has 1 N–H and O–H groups in total. The highest BCUT2D eigenvalue weighted by Crippen LogP contribution is 2.24. The van der Waals surface area contributed by atoms with Crippen LogP contribution in [0.3, 0.4) is 0 Å². The Balaban J connectivity index is 1.66. The molecule has 0 saturated heterocycles. The number of halogens is 2. The molecule has 4 nitrogen and oxygen atoms in total. The number of carbonyl (C=O) groups excluding carboxylic acids is 1. The van der Waals surface area contributed by atoms with Crippen LogP contribution in [-0.4, -0.2) is 12.1 Å². The summed E-state index contributed by atoms with van der Waals surface area (Å²) < 4.78 is 5.65. The van der Waals surface area contributed by atoms with Gasteiger partial charge in [0.25, 0.3) is 5.91 Å². The number of hydrogen-bond donors (Lipinski definition) is 1. The normalized spacial score (nSPS) is 10.9. The van der Waals surface area contributed by atoms with Gasteiger partial charge in [0.15, 0.2) is 0 Å². The molecule has 2 aromatic carbocycles. The first-order valence-electron chi connectivity index (χ1n) is 7.06. The van der Waals surface area contributed by atoms with Crippen molar-refractivity contribution in [3.05, 3.63) is 82.0 Å². The molecule has 0 fully saturated rings. The zero-order valence-electron chi connectivity index (χ0n) is 12.4. The molecule has 3 rings (SSSR count). The molecule has 0 radical (unpaired) electrons. The van der Waals surface area contributed by atoms with E-state index in [1.807, 2.05) is 24.3 Å². The van der Waals surface area contributed by atoms with Crippen LogP contribution in [0.2, 0.25) is 10.0 Å². The van der Waals surface area contributed by atoms with E-state index in [4.69, 9.17) is 27.6 Å². The molecule has 0 bridgehead atoms. The van der Waals surface area contributed by atoms with Crippen LogP contribution in [0.5, 0.6) is 0 Å². The first-order valence-corrected chi connectivity index (χ1v) is 7.82. The lowest BCUT2D eigenvalue weighted by Crippen LogP contribution is -2.17. The van der Waals surface area contributed by atoms with Crippen molar-refractivity contribution >= 4 is 35.3 Å². The van der Waals surface area contributed by atoms with Gasteiger partial charge >= 0.3 is 0 Å². The van der Waals surface area contributed by atoms with Crippen LogP contribution in [0.25, 0.3) is 11.3 Å². The van der Waals surface area contributed by atoms with E-state index in [-0.39, 0.29) is 5.91 Å². The Morgan fingerprint density at radius 1 is 1.00 bits per heavy atom. The second kappa shape index (κ2) is 7.34. The highest BCUT2D eigenvalue weighted by Gasteiger charge is 2.06. The maximum atomic E-state index is 11.9.